The average Bonchev–Trinajstić information content (AvgIpc) is 3.46. The van der Waals surface area contributed by atoms with Crippen LogP contribution in [0, 0.1) is 11.3 Å². The van der Waals surface area contributed by atoms with Crippen LogP contribution in [0.1, 0.15) is 366 Å². The first-order valence-electron chi connectivity index (χ1n) is 33.3. The molecule has 0 spiro atoms. The number of aliphatic hydroxyl groups is 2. The first kappa shape index (κ1) is 69.6. The lowest BCUT2D eigenvalue weighted by Crippen LogP contribution is -2.40. The highest BCUT2D eigenvalue weighted by atomic mass is 16.6. The van der Waals surface area contributed by atoms with Gasteiger partial charge in [-0.1, -0.05) is 340 Å². The van der Waals surface area contributed by atoms with Gasteiger partial charge in [-0.15, -0.1) is 0 Å². The van der Waals surface area contributed by atoms with Crippen LogP contribution in [0.5, 0.6) is 0 Å². The molecule has 0 aromatic heterocycles. The smallest absolute Gasteiger partial charge is 0.309 e. The average molecular weight is 1030 g/mol. The molecule has 0 amide bonds. The second-order valence-electron chi connectivity index (χ2n) is 23.9. The quantitative estimate of drug-likeness (QED) is 0.0358. The van der Waals surface area contributed by atoms with E-state index in [9.17, 15) is 19.8 Å². The van der Waals surface area contributed by atoms with Gasteiger partial charge in [0.2, 0.25) is 0 Å². The molecule has 1 heterocycles. The predicted molar refractivity (Wildman–Crippen MR) is 315 cm³/mol. The Morgan fingerprint density at radius 1 is 0.356 bits per heavy atom. The van der Waals surface area contributed by atoms with E-state index >= 15 is 0 Å². The Labute approximate surface area is 455 Å². The van der Waals surface area contributed by atoms with Gasteiger partial charge in [0.1, 0.15) is 13.2 Å². The van der Waals surface area contributed by atoms with Crippen LogP contribution in [-0.2, 0) is 19.1 Å². The van der Waals surface area contributed by atoms with Crippen LogP contribution in [0.2, 0.25) is 0 Å². The summed E-state index contributed by atoms with van der Waals surface area (Å²) < 4.78 is 10.6. The lowest BCUT2D eigenvalue weighted by molar-refractivity contribution is -0.155. The van der Waals surface area contributed by atoms with Gasteiger partial charge in [0.15, 0.2) is 0 Å². The van der Waals surface area contributed by atoms with Crippen molar-refractivity contribution in [1.29, 1.82) is 0 Å². The van der Waals surface area contributed by atoms with Gasteiger partial charge in [-0.05, 0) is 32.1 Å². The number of unbranched alkanes of at least 4 members (excludes halogenated alkanes) is 52. The van der Waals surface area contributed by atoms with Crippen molar-refractivity contribution in [3.8, 4) is 0 Å². The third-order valence-electron chi connectivity index (χ3n) is 16.5. The van der Waals surface area contributed by atoms with E-state index in [-0.39, 0.29) is 19.6 Å². The molecule has 1 aliphatic rings. The minimum absolute atomic E-state index is 0.00231. The molecule has 1 fully saturated rings. The van der Waals surface area contributed by atoms with Gasteiger partial charge in [-0.3, -0.25) is 9.59 Å². The molecule has 0 aromatic rings. The van der Waals surface area contributed by atoms with Crippen LogP contribution in [0.25, 0.3) is 0 Å². The van der Waals surface area contributed by atoms with E-state index in [1.807, 2.05) is 0 Å². The number of hydrogen-bond donors (Lipinski definition) is 2. The lowest BCUT2D eigenvalue weighted by atomic mass is 9.92. The highest BCUT2D eigenvalue weighted by Gasteiger charge is 2.36. The summed E-state index contributed by atoms with van der Waals surface area (Å²) >= 11 is 0. The summed E-state index contributed by atoms with van der Waals surface area (Å²) in [7, 11) is 0. The number of ether oxygens (including phenoxy) is 2. The predicted octanol–water partition coefficient (Wildman–Crippen LogP) is 21.1. The molecule has 0 saturated carbocycles. The molecule has 432 valence electrons. The second kappa shape index (κ2) is 56.8. The zero-order valence-corrected chi connectivity index (χ0v) is 49.2. The lowest BCUT2D eigenvalue weighted by Gasteiger charge is -2.27. The first-order valence-corrected chi connectivity index (χ1v) is 33.3. The van der Waals surface area contributed by atoms with Crippen molar-refractivity contribution in [2.24, 2.45) is 11.3 Å². The Morgan fingerprint density at radius 2 is 0.589 bits per heavy atom. The number of carbonyl (C=O) groups excluding carboxylic acids is 2. The molecular weight excluding hydrogens is 901 g/mol. The molecule has 6 nitrogen and oxygen atoms in total. The SMILES string of the molecule is CCCCCCCCCCCCCCCCCCCCCCCCCCCCCCCCCCCCCCCCCC/C=C/CCCCCCCCCCCCCCC1CC(=O)OCC(CO)(CO)COC1=O. The second-order valence-corrected chi connectivity index (χ2v) is 23.9. The number of hydrogen-bond acceptors (Lipinski definition) is 6. The van der Waals surface area contributed by atoms with E-state index < -0.39 is 36.5 Å². The highest BCUT2D eigenvalue weighted by molar-refractivity contribution is 5.80. The van der Waals surface area contributed by atoms with Crippen LogP contribution in [0.15, 0.2) is 12.2 Å². The molecular formula is C67H128O6. The van der Waals surface area contributed by atoms with E-state index in [1.54, 1.807) is 0 Å². The molecule has 0 aromatic carbocycles. The van der Waals surface area contributed by atoms with Gasteiger partial charge in [-0.25, -0.2) is 0 Å². The molecule has 2 N–H and O–H groups in total. The molecule has 1 atom stereocenters. The maximum atomic E-state index is 12.5. The van der Waals surface area contributed by atoms with E-state index in [2.05, 4.69) is 19.1 Å². The van der Waals surface area contributed by atoms with E-state index in [4.69, 9.17) is 9.47 Å². The summed E-state index contributed by atoms with van der Waals surface area (Å²) in [5, 5.41) is 19.2. The summed E-state index contributed by atoms with van der Waals surface area (Å²) in [6.45, 7) is 1.21. The third-order valence-corrected chi connectivity index (χ3v) is 16.5. The van der Waals surface area contributed by atoms with Crippen molar-refractivity contribution in [3.63, 3.8) is 0 Å². The number of aliphatic hydroxyl groups excluding tert-OH is 2. The van der Waals surface area contributed by atoms with Crippen LogP contribution < -0.4 is 0 Å². The fourth-order valence-electron chi connectivity index (χ4n) is 11.1. The standard InChI is InChI=1S/C67H128O6/c1-2-3-4-5-6-7-8-9-10-11-12-13-14-15-16-17-18-19-20-21-22-23-24-25-26-27-28-29-30-31-32-33-34-35-36-37-38-39-40-41-42-43-44-45-46-47-48-49-50-51-52-53-54-55-56-57-58-64-59-65(70)72-62-67(60-68,61-69)63-73-66(64)71/h43-44,64,68-69H,2-42,45-63H2,1H3/b44-43+. The van der Waals surface area contributed by atoms with Gasteiger partial charge in [0.05, 0.1) is 31.0 Å². The zero-order chi connectivity index (χ0) is 52.5. The summed E-state index contributed by atoms with van der Waals surface area (Å²) in [5.41, 5.74) is -1.12. The van der Waals surface area contributed by atoms with Crippen molar-refractivity contribution in [2.75, 3.05) is 26.4 Å². The molecule has 1 unspecified atom stereocenters. The molecule has 1 saturated heterocycles. The van der Waals surface area contributed by atoms with Crippen molar-refractivity contribution >= 4 is 11.9 Å². The van der Waals surface area contributed by atoms with Gasteiger partial charge < -0.3 is 19.7 Å². The fourth-order valence-corrected chi connectivity index (χ4v) is 11.1. The van der Waals surface area contributed by atoms with Crippen LogP contribution >= 0.6 is 0 Å². The number of rotatable bonds is 58. The number of esters is 2. The largest absolute Gasteiger partial charge is 0.465 e. The van der Waals surface area contributed by atoms with Crippen molar-refractivity contribution in [3.05, 3.63) is 12.2 Å². The molecule has 0 aliphatic carbocycles. The minimum Gasteiger partial charge on any atom is -0.465 e. The van der Waals surface area contributed by atoms with Crippen LogP contribution in [0.3, 0.4) is 0 Å². The van der Waals surface area contributed by atoms with E-state index in [1.165, 1.54) is 327 Å². The van der Waals surface area contributed by atoms with Crippen LogP contribution in [0.4, 0.5) is 0 Å². The summed E-state index contributed by atoms with van der Waals surface area (Å²) in [5.74, 6) is -1.40. The van der Waals surface area contributed by atoms with Crippen molar-refractivity contribution in [2.45, 2.75) is 366 Å². The molecule has 73 heavy (non-hydrogen) atoms. The first-order chi connectivity index (χ1) is 36.1. The molecule has 1 rings (SSSR count). The van der Waals surface area contributed by atoms with Crippen LogP contribution in [-0.4, -0.2) is 48.6 Å². The van der Waals surface area contributed by atoms with Gasteiger partial charge in [0.25, 0.3) is 0 Å². The highest BCUT2D eigenvalue weighted by Crippen LogP contribution is 2.25. The number of carbonyl (C=O) groups is 2. The van der Waals surface area contributed by atoms with Gasteiger partial charge >= 0.3 is 11.9 Å². The summed E-state index contributed by atoms with van der Waals surface area (Å²) in [4.78, 5) is 24.7. The van der Waals surface area contributed by atoms with E-state index in [0.29, 0.717) is 6.42 Å². The maximum absolute atomic E-state index is 12.5. The summed E-state index contributed by atoms with van der Waals surface area (Å²) in [6.07, 6.45) is 81.7. The maximum Gasteiger partial charge on any atom is 0.309 e. The molecule has 0 radical (unpaired) electrons. The third kappa shape index (κ3) is 48.7. The molecule has 0 bridgehead atoms. The minimum atomic E-state index is -1.12. The number of cyclic esters (lactones) is 2. The topological polar surface area (TPSA) is 93.1 Å². The Balaban J connectivity index is 1.68. The molecule has 1 aliphatic heterocycles. The van der Waals surface area contributed by atoms with Gasteiger partial charge in [0, 0.05) is 0 Å². The summed E-state index contributed by atoms with van der Waals surface area (Å²) in [6, 6.07) is 0. The normalized spacial score (nSPS) is 15.2. The Bertz CT molecular complexity index is 1150. The number of allylic oxidation sites excluding steroid dienone is 2. The fraction of sp³-hybridized carbons (Fsp3) is 0.940. The van der Waals surface area contributed by atoms with Gasteiger partial charge in [-0.2, -0.15) is 0 Å². The Hall–Kier alpha value is -1.40. The Kier molecular flexibility index (Phi) is 54.2. The zero-order valence-electron chi connectivity index (χ0n) is 49.2. The van der Waals surface area contributed by atoms with Crippen molar-refractivity contribution < 1.29 is 29.3 Å². The van der Waals surface area contributed by atoms with Crippen molar-refractivity contribution in [1.82, 2.24) is 0 Å². The van der Waals surface area contributed by atoms with E-state index in [0.717, 1.165) is 19.3 Å². The Morgan fingerprint density at radius 3 is 0.849 bits per heavy atom. The monoisotopic (exact) mass is 1030 g/mol. The molecule has 6 heteroatoms.